The van der Waals surface area contributed by atoms with Gasteiger partial charge in [0, 0.05) is 32.2 Å². The van der Waals surface area contributed by atoms with Crippen molar-refractivity contribution in [3.8, 4) is 0 Å². The van der Waals surface area contributed by atoms with E-state index in [2.05, 4.69) is 5.32 Å². The molecule has 0 aromatic rings. The number of hydrogen-bond acceptors (Lipinski definition) is 3. The highest BCUT2D eigenvalue weighted by Gasteiger charge is 2.26. The Morgan fingerprint density at radius 3 is 2.44 bits per heavy atom. The van der Waals surface area contributed by atoms with Crippen molar-refractivity contribution < 1.29 is 19.8 Å². The van der Waals surface area contributed by atoms with Crippen LogP contribution in [-0.2, 0) is 4.79 Å². The summed E-state index contributed by atoms with van der Waals surface area (Å²) in [5.41, 5.74) is 0. The molecule has 0 aromatic heterocycles. The molecule has 0 aliphatic carbocycles. The zero-order valence-electron chi connectivity index (χ0n) is 9.19. The lowest BCUT2D eigenvalue weighted by Gasteiger charge is -2.29. The van der Waals surface area contributed by atoms with Gasteiger partial charge < -0.3 is 20.4 Å². The number of aliphatic hydroxyl groups is 1. The highest BCUT2D eigenvalue weighted by Crippen LogP contribution is 2.17. The summed E-state index contributed by atoms with van der Waals surface area (Å²) in [5.74, 6) is -0.118. The number of nitrogens with zero attached hydrogens (tertiary/aromatic N) is 1. The van der Waals surface area contributed by atoms with E-state index in [1.165, 1.54) is 4.90 Å². The first-order chi connectivity index (χ1) is 7.65. The molecule has 1 aliphatic heterocycles. The highest BCUT2D eigenvalue weighted by atomic mass is 16.4. The smallest absolute Gasteiger partial charge is 0.407 e. The third kappa shape index (κ3) is 3.69. The van der Waals surface area contributed by atoms with Crippen LogP contribution in [0.1, 0.15) is 19.3 Å². The lowest BCUT2D eigenvalue weighted by atomic mass is 9.96. The standard InChI is InChI=1S/C10H18N2O4/c13-7-1-4-11-9(14)8-2-5-12(6-3-8)10(15)16/h8,13H,1-7H2,(H,11,14)(H,15,16). The SMILES string of the molecule is O=C(NCCCO)C1CCN(C(=O)O)CC1. The van der Waals surface area contributed by atoms with E-state index in [9.17, 15) is 9.59 Å². The fourth-order valence-electron chi connectivity index (χ4n) is 1.77. The molecule has 1 rings (SSSR count). The molecule has 0 aromatic carbocycles. The van der Waals surface area contributed by atoms with Crippen LogP contribution in [0.15, 0.2) is 0 Å². The van der Waals surface area contributed by atoms with Crippen LogP contribution in [0.4, 0.5) is 4.79 Å². The van der Waals surface area contributed by atoms with Gasteiger partial charge in [0.15, 0.2) is 0 Å². The molecule has 6 nitrogen and oxygen atoms in total. The number of amides is 2. The second kappa shape index (κ2) is 6.32. The zero-order valence-corrected chi connectivity index (χ0v) is 9.19. The zero-order chi connectivity index (χ0) is 12.0. The lowest BCUT2D eigenvalue weighted by molar-refractivity contribution is -0.126. The van der Waals surface area contributed by atoms with Crippen molar-refractivity contribution in [2.24, 2.45) is 5.92 Å². The predicted molar refractivity (Wildman–Crippen MR) is 57.0 cm³/mol. The molecule has 92 valence electrons. The number of nitrogens with one attached hydrogen (secondary N) is 1. The molecule has 0 bridgehead atoms. The minimum absolute atomic E-state index is 0.0292. The Bertz CT molecular complexity index is 249. The Morgan fingerprint density at radius 2 is 1.94 bits per heavy atom. The van der Waals surface area contributed by atoms with E-state index in [0.717, 1.165) is 0 Å². The monoisotopic (exact) mass is 230 g/mol. The molecule has 0 saturated carbocycles. The summed E-state index contributed by atoms with van der Waals surface area (Å²) in [6.07, 6.45) is 0.799. The molecule has 1 aliphatic rings. The maximum atomic E-state index is 11.6. The first kappa shape index (κ1) is 12.8. The lowest BCUT2D eigenvalue weighted by Crippen LogP contribution is -2.42. The van der Waals surface area contributed by atoms with Gasteiger partial charge >= 0.3 is 6.09 Å². The third-order valence-corrected chi connectivity index (χ3v) is 2.77. The fraction of sp³-hybridized carbons (Fsp3) is 0.800. The molecule has 0 spiro atoms. The number of rotatable bonds is 4. The van der Waals surface area contributed by atoms with Crippen LogP contribution in [0, 0.1) is 5.92 Å². The van der Waals surface area contributed by atoms with Crippen molar-refractivity contribution in [2.75, 3.05) is 26.2 Å². The number of piperidine rings is 1. The minimum Gasteiger partial charge on any atom is -0.465 e. The maximum Gasteiger partial charge on any atom is 0.407 e. The van der Waals surface area contributed by atoms with Crippen molar-refractivity contribution in [1.82, 2.24) is 10.2 Å². The van der Waals surface area contributed by atoms with Gasteiger partial charge in [0.1, 0.15) is 0 Å². The first-order valence-electron chi connectivity index (χ1n) is 5.51. The molecular weight excluding hydrogens is 212 g/mol. The van der Waals surface area contributed by atoms with Crippen molar-refractivity contribution in [2.45, 2.75) is 19.3 Å². The van der Waals surface area contributed by atoms with Gasteiger partial charge in [-0.05, 0) is 19.3 Å². The summed E-state index contributed by atoms with van der Waals surface area (Å²) in [6, 6.07) is 0. The van der Waals surface area contributed by atoms with Gasteiger partial charge in [0.05, 0.1) is 0 Å². The fourth-order valence-corrected chi connectivity index (χ4v) is 1.77. The van der Waals surface area contributed by atoms with Gasteiger partial charge in [0.25, 0.3) is 0 Å². The predicted octanol–water partition coefficient (Wildman–Crippen LogP) is -0.125. The summed E-state index contributed by atoms with van der Waals surface area (Å²) in [4.78, 5) is 23.6. The maximum absolute atomic E-state index is 11.6. The van der Waals surface area contributed by atoms with E-state index >= 15 is 0 Å². The van der Waals surface area contributed by atoms with Gasteiger partial charge in [0.2, 0.25) is 5.91 Å². The van der Waals surface area contributed by atoms with E-state index in [1.807, 2.05) is 0 Å². The van der Waals surface area contributed by atoms with Crippen molar-refractivity contribution >= 4 is 12.0 Å². The number of hydrogen-bond donors (Lipinski definition) is 3. The number of carboxylic acid groups (broad SMARTS) is 1. The van der Waals surface area contributed by atoms with Gasteiger partial charge in [-0.25, -0.2) is 4.79 Å². The van der Waals surface area contributed by atoms with Crippen molar-refractivity contribution in [1.29, 1.82) is 0 Å². The first-order valence-corrected chi connectivity index (χ1v) is 5.51. The van der Waals surface area contributed by atoms with Crippen LogP contribution in [0.25, 0.3) is 0 Å². The second-order valence-corrected chi connectivity index (χ2v) is 3.91. The van der Waals surface area contributed by atoms with E-state index in [4.69, 9.17) is 10.2 Å². The third-order valence-electron chi connectivity index (χ3n) is 2.77. The summed E-state index contributed by atoms with van der Waals surface area (Å²) in [6.45, 7) is 1.40. The molecule has 6 heteroatoms. The van der Waals surface area contributed by atoms with E-state index in [-0.39, 0.29) is 18.4 Å². The Balaban J connectivity index is 2.25. The molecular formula is C10H18N2O4. The van der Waals surface area contributed by atoms with E-state index in [0.29, 0.717) is 38.9 Å². The molecule has 16 heavy (non-hydrogen) atoms. The number of aliphatic hydroxyl groups excluding tert-OH is 1. The summed E-state index contributed by atoms with van der Waals surface area (Å²) in [5, 5.41) is 20.0. The van der Waals surface area contributed by atoms with E-state index < -0.39 is 6.09 Å². The topological polar surface area (TPSA) is 89.9 Å². The van der Waals surface area contributed by atoms with Gasteiger partial charge in [-0.1, -0.05) is 0 Å². The molecule has 1 fully saturated rings. The average Bonchev–Trinajstić information content (AvgIpc) is 2.29. The van der Waals surface area contributed by atoms with Crippen LogP contribution >= 0.6 is 0 Å². The number of likely N-dealkylation sites (tertiary alicyclic amines) is 1. The molecule has 0 unspecified atom stereocenters. The molecule has 0 atom stereocenters. The molecule has 3 N–H and O–H groups in total. The van der Waals surface area contributed by atoms with E-state index in [1.54, 1.807) is 0 Å². The largest absolute Gasteiger partial charge is 0.465 e. The van der Waals surface area contributed by atoms with Crippen LogP contribution in [0.2, 0.25) is 0 Å². The average molecular weight is 230 g/mol. The minimum atomic E-state index is -0.917. The summed E-state index contributed by atoms with van der Waals surface area (Å²) < 4.78 is 0. The Kier molecular flexibility index (Phi) is 5.04. The molecule has 0 radical (unpaired) electrons. The normalized spacial score (nSPS) is 17.2. The molecule has 1 heterocycles. The quantitative estimate of drug-likeness (QED) is 0.587. The molecule has 2 amide bonds. The summed E-state index contributed by atoms with van der Waals surface area (Å²) in [7, 11) is 0. The van der Waals surface area contributed by atoms with Crippen LogP contribution in [-0.4, -0.2) is 53.4 Å². The highest BCUT2D eigenvalue weighted by molar-refractivity contribution is 5.79. The Labute approximate surface area is 94.2 Å². The second-order valence-electron chi connectivity index (χ2n) is 3.91. The number of carbonyl (C=O) groups is 2. The summed E-state index contributed by atoms with van der Waals surface area (Å²) >= 11 is 0. The van der Waals surface area contributed by atoms with Gasteiger partial charge in [-0.15, -0.1) is 0 Å². The molecule has 1 saturated heterocycles. The number of carbonyl (C=O) groups excluding carboxylic acids is 1. The van der Waals surface area contributed by atoms with Crippen molar-refractivity contribution in [3.05, 3.63) is 0 Å². The Hall–Kier alpha value is -1.30. The van der Waals surface area contributed by atoms with Gasteiger partial charge in [-0.2, -0.15) is 0 Å². The van der Waals surface area contributed by atoms with Crippen LogP contribution < -0.4 is 5.32 Å². The van der Waals surface area contributed by atoms with Crippen molar-refractivity contribution in [3.63, 3.8) is 0 Å². The van der Waals surface area contributed by atoms with Crippen LogP contribution in [0.5, 0.6) is 0 Å². The van der Waals surface area contributed by atoms with Gasteiger partial charge in [-0.3, -0.25) is 4.79 Å². The Morgan fingerprint density at radius 1 is 1.31 bits per heavy atom. The van der Waals surface area contributed by atoms with Crippen LogP contribution in [0.3, 0.4) is 0 Å².